The summed E-state index contributed by atoms with van der Waals surface area (Å²) in [5.41, 5.74) is 4.64. The molecule has 5 aromatic rings. The Balaban J connectivity index is 1.39. The molecule has 0 saturated heterocycles. The first-order valence-corrected chi connectivity index (χ1v) is 13.6. The Labute approximate surface area is 212 Å². The van der Waals surface area contributed by atoms with Gasteiger partial charge in [-0.3, -0.25) is 14.3 Å². The molecule has 0 spiro atoms. The molecule has 35 heavy (non-hydrogen) atoms. The molecule has 174 valence electrons. The summed E-state index contributed by atoms with van der Waals surface area (Å²) in [7, 11) is 0. The minimum absolute atomic E-state index is 0.0470. The summed E-state index contributed by atoms with van der Waals surface area (Å²) in [4.78, 5) is 23.6. The van der Waals surface area contributed by atoms with E-state index in [1.54, 1.807) is 27.7 Å². The molecule has 6 heteroatoms. The van der Waals surface area contributed by atoms with Crippen molar-refractivity contribution in [2.75, 3.05) is 6.54 Å². The standard InChI is InChI=1S/C29H25N3OS2/c33-28-26-24-16-17-31(18-21-10-4-1-5-11-21)19-25(24)35-27(26)30-29(32(28)23-14-8-3-9-15-23)34-20-22-12-6-2-7-13-22/h1-15H,16-20H2. The van der Waals surface area contributed by atoms with Gasteiger partial charge in [-0.05, 0) is 35.2 Å². The Kier molecular flexibility index (Phi) is 6.25. The Morgan fingerprint density at radius 3 is 2.23 bits per heavy atom. The second-order valence-corrected chi connectivity index (χ2v) is 10.8. The summed E-state index contributed by atoms with van der Waals surface area (Å²) in [5.74, 6) is 0.765. The van der Waals surface area contributed by atoms with E-state index in [4.69, 9.17) is 4.98 Å². The lowest BCUT2D eigenvalue weighted by Crippen LogP contribution is -2.30. The van der Waals surface area contributed by atoms with E-state index in [0.29, 0.717) is 0 Å². The van der Waals surface area contributed by atoms with Crippen molar-refractivity contribution in [3.63, 3.8) is 0 Å². The average molecular weight is 496 g/mol. The molecule has 3 aromatic carbocycles. The number of fused-ring (bicyclic) bond motifs is 3. The molecule has 0 bridgehead atoms. The average Bonchev–Trinajstić information content (AvgIpc) is 3.27. The van der Waals surface area contributed by atoms with Gasteiger partial charge in [0.25, 0.3) is 5.56 Å². The Hall–Kier alpha value is -3.19. The van der Waals surface area contributed by atoms with Crippen LogP contribution in [0.3, 0.4) is 0 Å². The summed E-state index contributed by atoms with van der Waals surface area (Å²) < 4.78 is 1.80. The minimum Gasteiger partial charge on any atom is -0.294 e. The van der Waals surface area contributed by atoms with Crippen LogP contribution in [0.5, 0.6) is 0 Å². The van der Waals surface area contributed by atoms with Crippen LogP contribution in [-0.2, 0) is 25.3 Å². The highest BCUT2D eigenvalue weighted by atomic mass is 32.2. The molecule has 1 aliphatic rings. The Morgan fingerprint density at radius 2 is 1.51 bits per heavy atom. The van der Waals surface area contributed by atoms with Crippen molar-refractivity contribution in [3.8, 4) is 5.69 Å². The van der Waals surface area contributed by atoms with E-state index in [2.05, 4.69) is 47.4 Å². The van der Waals surface area contributed by atoms with Gasteiger partial charge in [-0.25, -0.2) is 4.98 Å². The van der Waals surface area contributed by atoms with Gasteiger partial charge in [0.2, 0.25) is 0 Å². The van der Waals surface area contributed by atoms with E-state index in [1.807, 2.05) is 48.5 Å². The van der Waals surface area contributed by atoms with Gasteiger partial charge in [0, 0.05) is 30.3 Å². The maximum atomic E-state index is 14.0. The molecule has 1 aliphatic heterocycles. The third-order valence-corrected chi connectivity index (χ3v) is 8.52. The van der Waals surface area contributed by atoms with Crippen molar-refractivity contribution in [2.24, 2.45) is 0 Å². The molecule has 2 aromatic heterocycles. The predicted octanol–water partition coefficient (Wildman–Crippen LogP) is 6.30. The zero-order valence-corrected chi connectivity index (χ0v) is 20.9. The third kappa shape index (κ3) is 4.57. The maximum absolute atomic E-state index is 14.0. The Bertz CT molecular complexity index is 1510. The highest BCUT2D eigenvalue weighted by molar-refractivity contribution is 7.98. The number of hydrogen-bond donors (Lipinski definition) is 0. The van der Waals surface area contributed by atoms with Crippen LogP contribution < -0.4 is 5.56 Å². The molecule has 0 saturated carbocycles. The number of thiophene rings is 1. The van der Waals surface area contributed by atoms with Crippen molar-refractivity contribution >= 4 is 33.3 Å². The molecule has 3 heterocycles. The van der Waals surface area contributed by atoms with Gasteiger partial charge in [0.05, 0.1) is 11.1 Å². The van der Waals surface area contributed by atoms with Gasteiger partial charge < -0.3 is 0 Å². The quantitative estimate of drug-likeness (QED) is 0.205. The zero-order chi connectivity index (χ0) is 23.6. The van der Waals surface area contributed by atoms with Crippen LogP contribution in [0.4, 0.5) is 0 Å². The van der Waals surface area contributed by atoms with Crippen molar-refractivity contribution in [1.29, 1.82) is 0 Å². The molecule has 0 unspecified atom stereocenters. The second-order valence-electron chi connectivity index (χ2n) is 8.77. The first kappa shape index (κ1) is 22.3. The van der Waals surface area contributed by atoms with Crippen LogP contribution in [0.2, 0.25) is 0 Å². The third-order valence-electron chi connectivity index (χ3n) is 6.40. The maximum Gasteiger partial charge on any atom is 0.267 e. The smallest absolute Gasteiger partial charge is 0.267 e. The van der Waals surface area contributed by atoms with E-state index < -0.39 is 0 Å². The first-order chi connectivity index (χ1) is 17.3. The van der Waals surface area contributed by atoms with E-state index >= 15 is 0 Å². The molecule has 0 atom stereocenters. The number of nitrogens with zero attached hydrogens (tertiary/aromatic N) is 3. The largest absolute Gasteiger partial charge is 0.294 e. The highest BCUT2D eigenvalue weighted by Crippen LogP contribution is 2.35. The second kappa shape index (κ2) is 9.82. The summed E-state index contributed by atoms with van der Waals surface area (Å²) in [5, 5.41) is 1.55. The fraction of sp³-hybridized carbons (Fsp3) is 0.172. The summed E-state index contributed by atoms with van der Waals surface area (Å²) in [6.45, 7) is 2.74. The molecule has 4 nitrogen and oxygen atoms in total. The molecule has 0 radical (unpaired) electrons. The van der Waals surface area contributed by atoms with E-state index in [-0.39, 0.29) is 5.56 Å². The SMILES string of the molecule is O=c1c2c3c(sc2nc(SCc2ccccc2)n1-c1ccccc1)CN(Cc1ccccc1)CC3. The fourth-order valence-corrected chi connectivity index (χ4v) is 6.95. The Morgan fingerprint density at radius 1 is 0.857 bits per heavy atom. The van der Waals surface area contributed by atoms with Gasteiger partial charge >= 0.3 is 0 Å². The molecule has 0 aliphatic carbocycles. The number of rotatable bonds is 6. The lowest BCUT2D eigenvalue weighted by molar-refractivity contribution is 0.249. The topological polar surface area (TPSA) is 38.1 Å². The fourth-order valence-electron chi connectivity index (χ4n) is 4.68. The molecule has 0 fully saturated rings. The normalized spacial score (nSPS) is 13.7. The summed E-state index contributed by atoms with van der Waals surface area (Å²) in [6, 6.07) is 30.8. The minimum atomic E-state index is 0.0470. The lowest BCUT2D eigenvalue weighted by Gasteiger charge is -2.26. The van der Waals surface area contributed by atoms with Crippen molar-refractivity contribution in [1.82, 2.24) is 14.5 Å². The summed E-state index contributed by atoms with van der Waals surface area (Å²) in [6.07, 6.45) is 0.879. The predicted molar refractivity (Wildman–Crippen MR) is 145 cm³/mol. The number of para-hydroxylation sites is 1. The zero-order valence-electron chi connectivity index (χ0n) is 19.3. The van der Waals surface area contributed by atoms with Crippen LogP contribution in [0.1, 0.15) is 21.6 Å². The summed E-state index contributed by atoms with van der Waals surface area (Å²) >= 11 is 3.31. The van der Waals surface area contributed by atoms with Crippen LogP contribution in [0.25, 0.3) is 15.9 Å². The van der Waals surface area contributed by atoms with E-state index in [1.165, 1.54) is 21.6 Å². The highest BCUT2D eigenvalue weighted by Gasteiger charge is 2.25. The van der Waals surface area contributed by atoms with Gasteiger partial charge in [0.15, 0.2) is 5.16 Å². The number of aromatic nitrogens is 2. The van der Waals surface area contributed by atoms with Gasteiger partial charge in [-0.15, -0.1) is 11.3 Å². The van der Waals surface area contributed by atoms with Crippen LogP contribution in [0.15, 0.2) is 101 Å². The number of hydrogen-bond acceptors (Lipinski definition) is 5. The van der Waals surface area contributed by atoms with Crippen molar-refractivity contribution in [2.45, 2.75) is 30.4 Å². The van der Waals surface area contributed by atoms with Crippen molar-refractivity contribution < 1.29 is 0 Å². The van der Waals surface area contributed by atoms with E-state index in [0.717, 1.165) is 52.9 Å². The number of thioether (sulfide) groups is 1. The van der Waals surface area contributed by atoms with Crippen LogP contribution >= 0.6 is 23.1 Å². The first-order valence-electron chi connectivity index (χ1n) is 11.8. The number of benzene rings is 3. The lowest BCUT2D eigenvalue weighted by atomic mass is 10.0. The van der Waals surface area contributed by atoms with Crippen molar-refractivity contribution in [3.05, 3.63) is 123 Å². The molecule has 0 amide bonds. The molecular weight excluding hydrogens is 470 g/mol. The van der Waals surface area contributed by atoms with Gasteiger partial charge in [-0.1, -0.05) is 90.6 Å². The van der Waals surface area contributed by atoms with Crippen LogP contribution in [0, 0.1) is 0 Å². The monoisotopic (exact) mass is 495 g/mol. The molecule has 0 N–H and O–H groups in total. The van der Waals surface area contributed by atoms with E-state index in [9.17, 15) is 4.79 Å². The van der Waals surface area contributed by atoms with Crippen LogP contribution in [-0.4, -0.2) is 21.0 Å². The molecular formula is C29H25N3OS2. The van der Waals surface area contributed by atoms with Gasteiger partial charge in [0.1, 0.15) is 4.83 Å². The van der Waals surface area contributed by atoms with Gasteiger partial charge in [-0.2, -0.15) is 0 Å². The molecule has 6 rings (SSSR count).